The summed E-state index contributed by atoms with van der Waals surface area (Å²) in [4.78, 5) is 0. The van der Waals surface area contributed by atoms with Gasteiger partial charge in [0.25, 0.3) is 0 Å². The van der Waals surface area contributed by atoms with Crippen molar-refractivity contribution in [1.82, 2.24) is 9.62 Å². The molecule has 0 radical (unpaired) electrons. The monoisotopic (exact) mass is 346 g/mol. The molecule has 1 heterocycles. The van der Waals surface area contributed by atoms with E-state index in [1.54, 1.807) is 4.31 Å². The minimum atomic E-state index is -3.04. The second kappa shape index (κ2) is 8.26. The molecule has 0 saturated carbocycles. The largest absolute Gasteiger partial charge is 0.375 e. The minimum Gasteiger partial charge on any atom is -0.375 e. The highest BCUT2D eigenvalue weighted by Gasteiger charge is 2.24. The molecule has 0 spiro atoms. The Bertz CT molecular complexity index is 555. The van der Waals surface area contributed by atoms with Crippen LogP contribution in [-0.4, -0.2) is 51.3 Å². The lowest BCUT2D eigenvalue weighted by atomic mass is 10.1. The zero-order valence-electron chi connectivity index (χ0n) is 12.8. The lowest BCUT2D eigenvalue weighted by Gasteiger charge is -2.30. The van der Waals surface area contributed by atoms with Crippen molar-refractivity contribution in [2.24, 2.45) is 0 Å². The third-order valence-corrected chi connectivity index (χ3v) is 5.34. The summed E-state index contributed by atoms with van der Waals surface area (Å²) < 4.78 is 30.0. The fraction of sp³-hybridized carbons (Fsp3) is 0.600. The molecule has 0 bridgehead atoms. The summed E-state index contributed by atoms with van der Waals surface area (Å²) in [5.74, 6) is 0. The van der Waals surface area contributed by atoms with Gasteiger partial charge in [-0.15, -0.1) is 0 Å². The Morgan fingerprint density at radius 2 is 1.91 bits per heavy atom. The molecule has 2 rings (SSSR count). The van der Waals surface area contributed by atoms with E-state index in [1.807, 2.05) is 24.3 Å². The summed E-state index contributed by atoms with van der Waals surface area (Å²) in [6.45, 7) is 3.18. The minimum absolute atomic E-state index is 0.372. The first-order valence-corrected chi connectivity index (χ1v) is 9.68. The number of hydrogen-bond donors (Lipinski definition) is 1. The van der Waals surface area contributed by atoms with Gasteiger partial charge in [-0.1, -0.05) is 23.7 Å². The molecular weight excluding hydrogens is 324 g/mol. The maximum absolute atomic E-state index is 11.4. The second-order valence-electron chi connectivity index (χ2n) is 5.57. The summed E-state index contributed by atoms with van der Waals surface area (Å²) in [5, 5.41) is 4.15. The first-order valence-electron chi connectivity index (χ1n) is 7.46. The third kappa shape index (κ3) is 5.85. The van der Waals surface area contributed by atoms with Crippen LogP contribution in [0.15, 0.2) is 24.3 Å². The molecular formula is C15H23ClN2O3S. The van der Waals surface area contributed by atoms with Crippen LogP contribution in [0.1, 0.15) is 18.4 Å². The Balaban J connectivity index is 1.57. The number of hydrogen-bond acceptors (Lipinski definition) is 4. The molecule has 1 aromatic rings. The van der Waals surface area contributed by atoms with Crippen molar-refractivity contribution in [1.29, 1.82) is 0 Å². The lowest BCUT2D eigenvalue weighted by Crippen LogP contribution is -2.45. The predicted octanol–water partition coefficient (Wildman–Crippen LogP) is 1.87. The van der Waals surface area contributed by atoms with Crippen LogP contribution in [0.25, 0.3) is 0 Å². The maximum atomic E-state index is 11.4. The molecule has 0 atom stereocenters. The van der Waals surface area contributed by atoms with E-state index in [0.717, 1.165) is 30.0 Å². The van der Waals surface area contributed by atoms with Crippen LogP contribution in [0, 0.1) is 0 Å². The van der Waals surface area contributed by atoms with E-state index in [9.17, 15) is 8.42 Å². The summed E-state index contributed by atoms with van der Waals surface area (Å²) >= 11 is 5.83. The first kappa shape index (κ1) is 17.7. The highest BCUT2D eigenvalue weighted by atomic mass is 35.5. The Hall–Kier alpha value is -0.660. The zero-order valence-corrected chi connectivity index (χ0v) is 14.4. The van der Waals surface area contributed by atoms with Gasteiger partial charge in [0.2, 0.25) is 10.0 Å². The molecule has 0 aliphatic carbocycles. The van der Waals surface area contributed by atoms with Crippen LogP contribution in [0.5, 0.6) is 0 Å². The quantitative estimate of drug-likeness (QED) is 0.766. The topological polar surface area (TPSA) is 58.6 Å². The van der Waals surface area contributed by atoms with E-state index in [-0.39, 0.29) is 0 Å². The Labute approximate surface area is 137 Å². The van der Waals surface area contributed by atoms with E-state index in [0.29, 0.717) is 32.3 Å². The van der Waals surface area contributed by atoms with E-state index in [4.69, 9.17) is 16.3 Å². The maximum Gasteiger partial charge on any atom is 0.211 e. The standard InChI is InChI=1S/C15H23ClN2O3S/c1-22(19,20)18-9-6-15(7-10-18)17-8-11-21-12-13-2-4-14(16)5-3-13/h2-5,15,17H,6-12H2,1H3. The highest BCUT2D eigenvalue weighted by Crippen LogP contribution is 2.13. The molecule has 1 fully saturated rings. The molecule has 1 aromatic carbocycles. The molecule has 0 amide bonds. The van der Waals surface area contributed by atoms with Crippen LogP contribution < -0.4 is 5.32 Å². The van der Waals surface area contributed by atoms with Crippen LogP contribution in [-0.2, 0) is 21.4 Å². The summed E-state index contributed by atoms with van der Waals surface area (Å²) in [6.07, 6.45) is 2.97. The third-order valence-electron chi connectivity index (χ3n) is 3.78. The van der Waals surface area contributed by atoms with Crippen molar-refractivity contribution in [2.45, 2.75) is 25.5 Å². The van der Waals surface area contributed by atoms with Gasteiger partial charge < -0.3 is 10.1 Å². The van der Waals surface area contributed by atoms with Gasteiger partial charge in [-0.25, -0.2) is 12.7 Å². The number of halogens is 1. The molecule has 1 aliphatic rings. The van der Waals surface area contributed by atoms with Crippen molar-refractivity contribution in [3.63, 3.8) is 0 Å². The molecule has 1 saturated heterocycles. The molecule has 7 heteroatoms. The van der Waals surface area contributed by atoms with Gasteiger partial charge in [0.1, 0.15) is 0 Å². The number of benzene rings is 1. The van der Waals surface area contributed by atoms with Crippen LogP contribution >= 0.6 is 11.6 Å². The molecule has 22 heavy (non-hydrogen) atoms. The molecule has 1 aliphatic heterocycles. The summed E-state index contributed by atoms with van der Waals surface area (Å²) in [6, 6.07) is 7.99. The van der Waals surface area contributed by atoms with E-state index in [1.165, 1.54) is 6.26 Å². The van der Waals surface area contributed by atoms with E-state index in [2.05, 4.69) is 5.32 Å². The van der Waals surface area contributed by atoms with Crippen molar-refractivity contribution >= 4 is 21.6 Å². The van der Waals surface area contributed by atoms with E-state index >= 15 is 0 Å². The lowest BCUT2D eigenvalue weighted by molar-refractivity contribution is 0.118. The SMILES string of the molecule is CS(=O)(=O)N1CCC(NCCOCc2ccc(Cl)cc2)CC1. The first-order chi connectivity index (χ1) is 10.4. The molecule has 5 nitrogen and oxygen atoms in total. The Morgan fingerprint density at radius 3 is 2.50 bits per heavy atom. The fourth-order valence-corrected chi connectivity index (χ4v) is 3.50. The average Bonchev–Trinajstić information content (AvgIpc) is 2.48. The van der Waals surface area contributed by atoms with Crippen molar-refractivity contribution in [3.05, 3.63) is 34.9 Å². The smallest absolute Gasteiger partial charge is 0.211 e. The Kier molecular flexibility index (Phi) is 6.65. The van der Waals surface area contributed by atoms with Gasteiger partial charge in [-0.05, 0) is 30.5 Å². The number of piperidine rings is 1. The molecule has 0 unspecified atom stereocenters. The predicted molar refractivity (Wildman–Crippen MR) is 88.5 cm³/mol. The van der Waals surface area contributed by atoms with Gasteiger partial charge in [-0.2, -0.15) is 0 Å². The van der Waals surface area contributed by atoms with Crippen molar-refractivity contribution < 1.29 is 13.2 Å². The zero-order chi connectivity index (χ0) is 16.0. The summed E-state index contributed by atoms with van der Waals surface area (Å²) in [5.41, 5.74) is 1.10. The molecule has 0 aromatic heterocycles. The number of nitrogens with one attached hydrogen (secondary N) is 1. The van der Waals surface area contributed by atoms with Crippen molar-refractivity contribution in [3.8, 4) is 0 Å². The number of sulfonamides is 1. The van der Waals surface area contributed by atoms with Gasteiger partial charge >= 0.3 is 0 Å². The summed E-state index contributed by atoms with van der Waals surface area (Å²) in [7, 11) is -3.04. The van der Waals surface area contributed by atoms with Crippen LogP contribution in [0.3, 0.4) is 0 Å². The highest BCUT2D eigenvalue weighted by molar-refractivity contribution is 7.88. The second-order valence-corrected chi connectivity index (χ2v) is 7.99. The van der Waals surface area contributed by atoms with Gasteiger partial charge in [0, 0.05) is 30.7 Å². The fourth-order valence-electron chi connectivity index (χ4n) is 2.50. The number of rotatable bonds is 7. The molecule has 124 valence electrons. The van der Waals surface area contributed by atoms with Crippen LogP contribution in [0.2, 0.25) is 5.02 Å². The number of ether oxygens (including phenoxy) is 1. The Morgan fingerprint density at radius 1 is 1.27 bits per heavy atom. The van der Waals surface area contributed by atoms with Crippen molar-refractivity contribution in [2.75, 3.05) is 32.5 Å². The van der Waals surface area contributed by atoms with Gasteiger partial charge in [0.15, 0.2) is 0 Å². The average molecular weight is 347 g/mol. The van der Waals surface area contributed by atoms with Gasteiger partial charge in [-0.3, -0.25) is 0 Å². The van der Waals surface area contributed by atoms with Crippen LogP contribution in [0.4, 0.5) is 0 Å². The number of nitrogens with zero attached hydrogens (tertiary/aromatic N) is 1. The normalized spacial score (nSPS) is 17.7. The molecule has 1 N–H and O–H groups in total. The van der Waals surface area contributed by atoms with Gasteiger partial charge in [0.05, 0.1) is 19.5 Å². The van der Waals surface area contributed by atoms with E-state index < -0.39 is 10.0 Å².